The van der Waals surface area contributed by atoms with Gasteiger partial charge in [0.2, 0.25) is 0 Å². The van der Waals surface area contributed by atoms with Gasteiger partial charge in [-0.25, -0.2) is 0 Å². The third-order valence-electron chi connectivity index (χ3n) is 5.33. The molecule has 0 aromatic heterocycles. The Balaban J connectivity index is 2.06. The molecule has 0 amide bonds. The fourth-order valence-corrected chi connectivity index (χ4v) is 3.56. The van der Waals surface area contributed by atoms with Gasteiger partial charge in [0.25, 0.3) is 0 Å². The van der Waals surface area contributed by atoms with Gasteiger partial charge in [0.1, 0.15) is 5.75 Å². The van der Waals surface area contributed by atoms with Gasteiger partial charge >= 0.3 is 0 Å². The van der Waals surface area contributed by atoms with Crippen molar-refractivity contribution in [2.75, 3.05) is 48.0 Å². The number of ether oxygens (including phenoxy) is 3. The lowest BCUT2D eigenvalue weighted by molar-refractivity contribution is 0.218. The Morgan fingerprint density at radius 2 is 1.68 bits per heavy atom. The molecule has 170 valence electrons. The van der Waals surface area contributed by atoms with Gasteiger partial charge in [-0.2, -0.15) is 0 Å². The van der Waals surface area contributed by atoms with Gasteiger partial charge in [-0.3, -0.25) is 9.89 Å². The Bertz CT molecular complexity index is 837. The summed E-state index contributed by atoms with van der Waals surface area (Å²) in [5.74, 6) is 3.04. The number of nitrogens with zero attached hydrogens (tertiary/aromatic N) is 2. The summed E-state index contributed by atoms with van der Waals surface area (Å²) in [6.07, 6.45) is 0. The average molecular weight is 429 g/mol. The average Bonchev–Trinajstić information content (AvgIpc) is 2.83. The first-order valence-corrected chi connectivity index (χ1v) is 10.6. The van der Waals surface area contributed by atoms with Crippen molar-refractivity contribution in [3.63, 3.8) is 0 Å². The summed E-state index contributed by atoms with van der Waals surface area (Å²) in [5, 5.41) is 6.85. The number of rotatable bonds is 11. The van der Waals surface area contributed by atoms with E-state index in [-0.39, 0.29) is 6.04 Å². The van der Waals surface area contributed by atoms with Crippen LogP contribution in [-0.2, 0) is 6.54 Å². The molecule has 0 aliphatic rings. The van der Waals surface area contributed by atoms with Crippen molar-refractivity contribution in [3.05, 3.63) is 53.6 Å². The van der Waals surface area contributed by atoms with Gasteiger partial charge in [-0.1, -0.05) is 32.0 Å². The van der Waals surface area contributed by atoms with E-state index in [9.17, 15) is 0 Å². The van der Waals surface area contributed by atoms with Crippen LogP contribution in [-0.4, -0.2) is 58.9 Å². The molecule has 0 saturated heterocycles. The van der Waals surface area contributed by atoms with Gasteiger partial charge < -0.3 is 24.8 Å². The van der Waals surface area contributed by atoms with E-state index in [1.807, 2.05) is 30.3 Å². The first-order valence-electron chi connectivity index (χ1n) is 10.6. The van der Waals surface area contributed by atoms with Crippen molar-refractivity contribution in [2.24, 2.45) is 4.99 Å². The maximum absolute atomic E-state index is 5.43. The van der Waals surface area contributed by atoms with Crippen LogP contribution in [0.1, 0.15) is 31.0 Å². The molecule has 7 nitrogen and oxygen atoms in total. The summed E-state index contributed by atoms with van der Waals surface area (Å²) < 4.78 is 16.1. The summed E-state index contributed by atoms with van der Waals surface area (Å²) in [6, 6.07) is 14.3. The monoisotopic (exact) mass is 428 g/mol. The van der Waals surface area contributed by atoms with Crippen LogP contribution >= 0.6 is 0 Å². The van der Waals surface area contributed by atoms with Crippen LogP contribution < -0.4 is 24.8 Å². The second-order valence-corrected chi connectivity index (χ2v) is 7.01. The maximum atomic E-state index is 5.43. The summed E-state index contributed by atoms with van der Waals surface area (Å²) >= 11 is 0. The Hall–Kier alpha value is -2.93. The van der Waals surface area contributed by atoms with Gasteiger partial charge in [0, 0.05) is 20.1 Å². The highest BCUT2D eigenvalue weighted by Crippen LogP contribution is 2.27. The van der Waals surface area contributed by atoms with Crippen molar-refractivity contribution in [1.82, 2.24) is 15.5 Å². The quantitative estimate of drug-likeness (QED) is 0.422. The minimum atomic E-state index is 0.199. The zero-order valence-electron chi connectivity index (χ0n) is 19.6. The predicted molar refractivity (Wildman–Crippen MR) is 126 cm³/mol. The van der Waals surface area contributed by atoms with Crippen molar-refractivity contribution in [1.29, 1.82) is 0 Å². The number of hydrogen-bond donors (Lipinski definition) is 2. The molecular weight excluding hydrogens is 392 g/mol. The van der Waals surface area contributed by atoms with E-state index in [4.69, 9.17) is 14.2 Å². The third kappa shape index (κ3) is 6.79. The number of guanidine groups is 1. The van der Waals surface area contributed by atoms with E-state index in [0.29, 0.717) is 18.0 Å². The second-order valence-electron chi connectivity index (χ2n) is 7.01. The number of aliphatic imine (C=N–C) groups is 1. The zero-order chi connectivity index (χ0) is 22.6. The van der Waals surface area contributed by atoms with Crippen LogP contribution in [0.2, 0.25) is 0 Å². The molecule has 0 aliphatic heterocycles. The van der Waals surface area contributed by atoms with Crippen molar-refractivity contribution >= 4 is 5.96 Å². The van der Waals surface area contributed by atoms with E-state index in [1.165, 1.54) is 5.56 Å². The van der Waals surface area contributed by atoms with Crippen LogP contribution in [0.5, 0.6) is 17.2 Å². The standard InChI is InChI=1S/C24H36N4O3/c1-7-28(8-2)21(19-10-9-11-20(15-19)29-4)17-27-24(25-3)26-16-18-12-13-22(30-5)23(14-18)31-6/h9-15,21H,7-8,16-17H2,1-6H3,(H2,25,26,27). The van der Waals surface area contributed by atoms with Gasteiger partial charge in [-0.15, -0.1) is 0 Å². The lowest BCUT2D eigenvalue weighted by atomic mass is 10.0. The smallest absolute Gasteiger partial charge is 0.191 e. The first-order chi connectivity index (χ1) is 15.1. The number of likely N-dealkylation sites (N-methyl/N-ethyl adjacent to an activating group) is 1. The lowest BCUT2D eigenvalue weighted by Crippen LogP contribution is -2.43. The molecule has 0 heterocycles. The number of hydrogen-bond acceptors (Lipinski definition) is 5. The van der Waals surface area contributed by atoms with Crippen LogP contribution in [0.15, 0.2) is 47.5 Å². The molecule has 2 aromatic rings. The molecule has 0 fully saturated rings. The SMILES string of the molecule is CCN(CC)C(CNC(=NC)NCc1ccc(OC)c(OC)c1)c1cccc(OC)c1. The fourth-order valence-electron chi connectivity index (χ4n) is 3.56. The third-order valence-corrected chi connectivity index (χ3v) is 5.33. The van der Waals surface area contributed by atoms with Crippen LogP contribution in [0.4, 0.5) is 0 Å². The molecule has 2 rings (SSSR count). The Morgan fingerprint density at radius 1 is 0.935 bits per heavy atom. The van der Waals surface area contributed by atoms with Crippen LogP contribution in [0.25, 0.3) is 0 Å². The number of nitrogens with one attached hydrogen (secondary N) is 2. The molecule has 0 saturated carbocycles. The Labute approximate surface area is 186 Å². The highest BCUT2D eigenvalue weighted by atomic mass is 16.5. The van der Waals surface area contributed by atoms with E-state index in [0.717, 1.165) is 36.9 Å². The minimum absolute atomic E-state index is 0.199. The van der Waals surface area contributed by atoms with Gasteiger partial charge in [0.15, 0.2) is 17.5 Å². The zero-order valence-corrected chi connectivity index (χ0v) is 19.6. The van der Waals surface area contributed by atoms with Crippen LogP contribution in [0, 0.1) is 0 Å². The summed E-state index contributed by atoms with van der Waals surface area (Å²) in [7, 11) is 6.75. The normalized spacial score (nSPS) is 12.4. The van der Waals surface area contributed by atoms with E-state index < -0.39 is 0 Å². The summed E-state index contributed by atoms with van der Waals surface area (Å²) in [4.78, 5) is 6.81. The predicted octanol–water partition coefficient (Wildman–Crippen LogP) is 3.46. The molecule has 0 bridgehead atoms. The van der Waals surface area contributed by atoms with Crippen molar-refractivity contribution in [2.45, 2.75) is 26.4 Å². The number of methoxy groups -OCH3 is 3. The van der Waals surface area contributed by atoms with E-state index in [2.05, 4.69) is 46.5 Å². The summed E-state index contributed by atoms with van der Waals surface area (Å²) in [6.45, 7) is 7.62. The molecule has 0 aliphatic carbocycles. The molecule has 31 heavy (non-hydrogen) atoms. The van der Waals surface area contributed by atoms with Crippen molar-refractivity contribution in [3.8, 4) is 17.2 Å². The molecule has 0 radical (unpaired) electrons. The molecule has 2 N–H and O–H groups in total. The van der Waals surface area contributed by atoms with Gasteiger partial charge in [-0.05, 0) is 48.5 Å². The molecule has 2 aromatic carbocycles. The highest BCUT2D eigenvalue weighted by Gasteiger charge is 2.19. The molecule has 1 atom stereocenters. The Kier molecular flexibility index (Phi) is 9.97. The Morgan fingerprint density at radius 3 is 2.29 bits per heavy atom. The topological polar surface area (TPSA) is 67.4 Å². The largest absolute Gasteiger partial charge is 0.497 e. The molecule has 0 spiro atoms. The lowest BCUT2D eigenvalue weighted by Gasteiger charge is -2.31. The minimum Gasteiger partial charge on any atom is -0.497 e. The molecular formula is C24H36N4O3. The first kappa shape index (κ1) is 24.3. The fraction of sp³-hybridized carbons (Fsp3) is 0.458. The summed E-state index contributed by atoms with van der Waals surface area (Å²) in [5.41, 5.74) is 2.29. The molecule has 1 unspecified atom stereocenters. The van der Waals surface area contributed by atoms with Crippen molar-refractivity contribution < 1.29 is 14.2 Å². The van der Waals surface area contributed by atoms with Gasteiger partial charge in [0.05, 0.1) is 27.4 Å². The van der Waals surface area contributed by atoms with Crippen LogP contribution in [0.3, 0.4) is 0 Å². The second kappa shape index (κ2) is 12.7. The maximum Gasteiger partial charge on any atom is 0.191 e. The highest BCUT2D eigenvalue weighted by molar-refractivity contribution is 5.79. The number of benzene rings is 2. The molecule has 7 heteroatoms. The van der Waals surface area contributed by atoms with E-state index in [1.54, 1.807) is 28.4 Å². The van der Waals surface area contributed by atoms with E-state index >= 15 is 0 Å².